The number of rotatable bonds is 2. The molecule has 0 saturated carbocycles. The van der Waals surface area contributed by atoms with E-state index in [1.807, 2.05) is 0 Å². The standard InChI is InChI=1S/C11H5Cl2N3O2S/c12-5-1-2-7-9(8(5)13)15-11(19-7)16-10(17)6-3-4-14-18-6/h1-4H,(H,15,16,17). The molecule has 19 heavy (non-hydrogen) atoms. The van der Waals surface area contributed by atoms with Crippen LogP contribution in [0.3, 0.4) is 0 Å². The van der Waals surface area contributed by atoms with Gasteiger partial charge in [-0.2, -0.15) is 0 Å². The molecule has 0 aliphatic rings. The number of carbonyl (C=O) groups excluding carboxylic acids is 1. The molecule has 0 bridgehead atoms. The minimum Gasteiger partial charge on any atom is -0.351 e. The summed E-state index contributed by atoms with van der Waals surface area (Å²) in [7, 11) is 0. The van der Waals surface area contributed by atoms with Crippen LogP contribution in [0.4, 0.5) is 5.13 Å². The summed E-state index contributed by atoms with van der Waals surface area (Å²) in [6, 6.07) is 4.95. The van der Waals surface area contributed by atoms with Gasteiger partial charge < -0.3 is 4.52 Å². The summed E-state index contributed by atoms with van der Waals surface area (Å²) in [5.74, 6) is -0.304. The number of halogens is 2. The highest BCUT2D eigenvalue weighted by atomic mass is 35.5. The first-order chi connectivity index (χ1) is 9.15. The van der Waals surface area contributed by atoms with Gasteiger partial charge in [0.2, 0.25) is 5.76 Å². The quantitative estimate of drug-likeness (QED) is 0.780. The minimum absolute atomic E-state index is 0.114. The molecule has 96 valence electrons. The van der Waals surface area contributed by atoms with Gasteiger partial charge in [0.1, 0.15) is 5.52 Å². The Morgan fingerprint density at radius 2 is 2.16 bits per heavy atom. The normalized spacial score (nSPS) is 10.8. The van der Waals surface area contributed by atoms with Crippen LogP contribution < -0.4 is 5.32 Å². The average molecular weight is 314 g/mol. The van der Waals surface area contributed by atoms with E-state index in [2.05, 4.69) is 15.5 Å². The second-order valence-corrected chi connectivity index (χ2v) is 5.37. The Hall–Kier alpha value is -1.63. The third-order valence-corrected chi connectivity index (χ3v) is 4.06. The summed E-state index contributed by atoms with van der Waals surface area (Å²) < 4.78 is 5.59. The molecule has 5 nitrogen and oxygen atoms in total. The van der Waals surface area contributed by atoms with Gasteiger partial charge >= 0.3 is 0 Å². The Bertz CT molecular complexity index is 755. The van der Waals surface area contributed by atoms with Gasteiger partial charge in [0.25, 0.3) is 5.91 Å². The van der Waals surface area contributed by atoms with Gasteiger partial charge in [-0.05, 0) is 12.1 Å². The number of hydrogen-bond donors (Lipinski definition) is 1. The SMILES string of the molecule is O=C(Nc1nc2c(Cl)c(Cl)ccc2s1)c1ccno1. The van der Waals surface area contributed by atoms with Crippen LogP contribution in [0, 0.1) is 0 Å². The molecule has 0 aliphatic heterocycles. The van der Waals surface area contributed by atoms with Crippen molar-refractivity contribution in [2.75, 3.05) is 5.32 Å². The molecule has 0 saturated heterocycles. The molecule has 3 rings (SSSR count). The molecule has 3 aromatic rings. The highest BCUT2D eigenvalue weighted by Gasteiger charge is 2.14. The Balaban J connectivity index is 1.94. The molecule has 0 radical (unpaired) electrons. The molecule has 8 heteroatoms. The van der Waals surface area contributed by atoms with Crippen molar-refractivity contribution < 1.29 is 9.32 Å². The van der Waals surface area contributed by atoms with Crippen molar-refractivity contribution >= 4 is 55.8 Å². The number of anilines is 1. The number of thiazole rings is 1. The van der Waals surface area contributed by atoms with Gasteiger partial charge in [-0.15, -0.1) is 0 Å². The van der Waals surface area contributed by atoms with E-state index in [0.29, 0.717) is 20.7 Å². The maximum atomic E-state index is 11.8. The topological polar surface area (TPSA) is 68.0 Å². The van der Waals surface area contributed by atoms with Crippen molar-refractivity contribution in [2.45, 2.75) is 0 Å². The zero-order chi connectivity index (χ0) is 13.4. The highest BCUT2D eigenvalue weighted by molar-refractivity contribution is 7.22. The van der Waals surface area contributed by atoms with E-state index in [1.54, 1.807) is 12.1 Å². The van der Waals surface area contributed by atoms with E-state index in [4.69, 9.17) is 27.7 Å². The van der Waals surface area contributed by atoms with E-state index >= 15 is 0 Å². The number of fused-ring (bicyclic) bond motifs is 1. The zero-order valence-corrected chi connectivity index (χ0v) is 11.5. The fourth-order valence-corrected chi connectivity index (χ4v) is 2.77. The first-order valence-corrected chi connectivity index (χ1v) is 6.69. The van der Waals surface area contributed by atoms with Crippen molar-refractivity contribution in [1.82, 2.24) is 10.1 Å². The number of nitrogens with zero attached hydrogens (tertiary/aromatic N) is 2. The second kappa shape index (κ2) is 4.80. The third kappa shape index (κ3) is 2.30. The molecule has 0 fully saturated rings. The largest absolute Gasteiger partial charge is 0.351 e. The summed E-state index contributed by atoms with van der Waals surface area (Å²) in [5.41, 5.74) is 0.562. The van der Waals surface area contributed by atoms with E-state index in [9.17, 15) is 4.79 Å². The van der Waals surface area contributed by atoms with Crippen molar-refractivity contribution in [3.8, 4) is 0 Å². The molecule has 0 atom stereocenters. The first-order valence-electron chi connectivity index (χ1n) is 5.12. The Morgan fingerprint density at radius 1 is 1.32 bits per heavy atom. The molecule has 1 aromatic carbocycles. The predicted octanol–water partition coefficient (Wildman–Crippen LogP) is 3.84. The van der Waals surface area contributed by atoms with Gasteiger partial charge in [-0.1, -0.05) is 39.7 Å². The first kappa shape index (κ1) is 12.4. The Kier molecular flexibility index (Phi) is 3.14. The molecule has 0 spiro atoms. The van der Waals surface area contributed by atoms with Crippen LogP contribution in [-0.4, -0.2) is 16.0 Å². The third-order valence-electron chi connectivity index (χ3n) is 2.33. The van der Waals surface area contributed by atoms with Crippen molar-refractivity contribution in [2.24, 2.45) is 0 Å². The van der Waals surface area contributed by atoms with Crippen LogP contribution >= 0.6 is 34.5 Å². The maximum absolute atomic E-state index is 11.8. The van der Waals surface area contributed by atoms with Crippen LogP contribution in [0.25, 0.3) is 10.2 Å². The molecule has 0 aliphatic carbocycles. The number of benzene rings is 1. The van der Waals surface area contributed by atoms with E-state index in [-0.39, 0.29) is 5.76 Å². The van der Waals surface area contributed by atoms with Gasteiger partial charge in [-0.25, -0.2) is 4.98 Å². The van der Waals surface area contributed by atoms with Gasteiger partial charge in [0.05, 0.1) is 20.9 Å². The average Bonchev–Trinajstić information content (AvgIpc) is 3.02. The molecule has 1 N–H and O–H groups in total. The van der Waals surface area contributed by atoms with E-state index < -0.39 is 5.91 Å². The van der Waals surface area contributed by atoms with Crippen molar-refractivity contribution in [3.63, 3.8) is 0 Å². The summed E-state index contributed by atoms with van der Waals surface area (Å²) in [4.78, 5) is 16.0. The van der Waals surface area contributed by atoms with E-state index in [1.165, 1.54) is 23.6 Å². The molecule has 1 amide bonds. The van der Waals surface area contributed by atoms with Crippen molar-refractivity contribution in [1.29, 1.82) is 0 Å². The fraction of sp³-hybridized carbons (Fsp3) is 0. The van der Waals surface area contributed by atoms with Crippen LogP contribution in [-0.2, 0) is 0 Å². The maximum Gasteiger partial charge on any atom is 0.296 e. The van der Waals surface area contributed by atoms with Gasteiger partial charge in [-0.3, -0.25) is 10.1 Å². The van der Waals surface area contributed by atoms with Crippen LogP contribution in [0.15, 0.2) is 28.9 Å². The number of carbonyl (C=O) groups is 1. The monoisotopic (exact) mass is 313 g/mol. The minimum atomic E-state index is -0.418. The summed E-state index contributed by atoms with van der Waals surface area (Å²) in [6.45, 7) is 0. The van der Waals surface area contributed by atoms with Gasteiger partial charge in [0.15, 0.2) is 5.13 Å². The van der Waals surface area contributed by atoms with Crippen LogP contribution in [0.5, 0.6) is 0 Å². The van der Waals surface area contributed by atoms with Crippen LogP contribution in [0.2, 0.25) is 10.0 Å². The predicted molar refractivity (Wildman–Crippen MR) is 74.1 cm³/mol. The molecule has 0 unspecified atom stereocenters. The lowest BCUT2D eigenvalue weighted by molar-refractivity contribution is 0.0988. The second-order valence-electron chi connectivity index (χ2n) is 3.56. The number of hydrogen-bond acceptors (Lipinski definition) is 5. The molecule has 2 aromatic heterocycles. The molecule has 2 heterocycles. The van der Waals surface area contributed by atoms with Crippen LogP contribution in [0.1, 0.15) is 10.6 Å². The summed E-state index contributed by atoms with van der Waals surface area (Å²) >= 11 is 13.2. The highest BCUT2D eigenvalue weighted by Crippen LogP contribution is 2.35. The lowest BCUT2D eigenvalue weighted by Gasteiger charge is -1.95. The summed E-state index contributed by atoms with van der Waals surface area (Å²) in [6.07, 6.45) is 1.39. The molecular weight excluding hydrogens is 309 g/mol. The fourth-order valence-electron chi connectivity index (χ4n) is 1.48. The summed E-state index contributed by atoms with van der Waals surface area (Å²) in [5, 5.41) is 7.29. The lowest BCUT2D eigenvalue weighted by atomic mass is 10.3. The van der Waals surface area contributed by atoms with E-state index in [0.717, 1.165) is 4.70 Å². The van der Waals surface area contributed by atoms with Crippen molar-refractivity contribution in [3.05, 3.63) is 40.2 Å². The zero-order valence-electron chi connectivity index (χ0n) is 9.18. The number of aromatic nitrogens is 2. The Labute approximate surface area is 121 Å². The Morgan fingerprint density at radius 3 is 2.89 bits per heavy atom. The number of amides is 1. The van der Waals surface area contributed by atoms with Gasteiger partial charge in [0, 0.05) is 6.07 Å². The number of nitrogens with one attached hydrogen (secondary N) is 1. The smallest absolute Gasteiger partial charge is 0.296 e. The molecular formula is C11H5Cl2N3O2S. The lowest BCUT2D eigenvalue weighted by Crippen LogP contribution is -2.10.